The van der Waals surface area contributed by atoms with Gasteiger partial charge in [0.2, 0.25) is 0 Å². The molecule has 5 nitrogen and oxygen atoms in total. The van der Waals surface area contributed by atoms with E-state index in [2.05, 4.69) is 15.8 Å². The molecule has 0 radical (unpaired) electrons. The molecular formula is C17H12Cl3N3O2S. The maximum atomic E-state index is 12.2. The quantitative estimate of drug-likeness (QED) is 0.513. The van der Waals surface area contributed by atoms with Crippen LogP contribution in [-0.2, 0) is 6.61 Å². The van der Waals surface area contributed by atoms with Crippen molar-refractivity contribution in [2.45, 2.75) is 6.61 Å². The number of anilines is 1. The summed E-state index contributed by atoms with van der Waals surface area (Å²) in [6, 6.07) is 9.78. The first kappa shape index (κ1) is 18.8. The fraction of sp³-hybridized carbons (Fsp3) is 0.0588. The normalized spacial score (nSPS) is 10.4. The zero-order valence-corrected chi connectivity index (χ0v) is 16.2. The second-order valence-electron chi connectivity index (χ2n) is 5.12. The highest BCUT2D eigenvalue weighted by Crippen LogP contribution is 2.33. The Bertz CT molecular complexity index is 879. The van der Waals surface area contributed by atoms with Gasteiger partial charge in [-0.25, -0.2) is 4.98 Å². The summed E-state index contributed by atoms with van der Waals surface area (Å²) in [5.41, 5.74) is 8.67. The van der Waals surface area contributed by atoms with Crippen LogP contribution in [0, 0.1) is 0 Å². The molecule has 0 saturated heterocycles. The third-order valence-electron chi connectivity index (χ3n) is 3.29. The number of hydrogen-bond donors (Lipinski definition) is 2. The average Bonchev–Trinajstić information content (AvgIpc) is 3.13. The molecule has 0 atom stereocenters. The van der Waals surface area contributed by atoms with Gasteiger partial charge in [-0.05, 0) is 36.4 Å². The molecule has 0 aliphatic carbocycles. The first-order valence-electron chi connectivity index (χ1n) is 7.34. The molecule has 0 saturated carbocycles. The van der Waals surface area contributed by atoms with E-state index >= 15 is 0 Å². The largest absolute Gasteiger partial charge is 0.487 e. The van der Waals surface area contributed by atoms with Gasteiger partial charge in [-0.3, -0.25) is 15.6 Å². The second-order valence-corrected chi connectivity index (χ2v) is 7.09. The van der Waals surface area contributed by atoms with Crippen LogP contribution in [0.15, 0.2) is 47.3 Å². The number of nitrogens with zero attached hydrogens (tertiary/aromatic N) is 1. The summed E-state index contributed by atoms with van der Waals surface area (Å²) in [5, 5.41) is 2.92. The van der Waals surface area contributed by atoms with Gasteiger partial charge < -0.3 is 4.74 Å². The Labute approximate surface area is 168 Å². The van der Waals surface area contributed by atoms with Crippen molar-refractivity contribution in [3.05, 3.63) is 73.6 Å². The van der Waals surface area contributed by atoms with Crippen molar-refractivity contribution in [2.75, 3.05) is 5.43 Å². The molecule has 0 fully saturated rings. The van der Waals surface area contributed by atoms with Gasteiger partial charge in [0.15, 0.2) is 0 Å². The van der Waals surface area contributed by atoms with E-state index in [1.54, 1.807) is 29.8 Å². The summed E-state index contributed by atoms with van der Waals surface area (Å²) in [5.74, 6) is 0.296. The number of ether oxygens (including phenoxy) is 1. The number of amides is 1. The second kappa shape index (κ2) is 8.60. The number of thiazole rings is 1. The maximum absolute atomic E-state index is 12.2. The highest BCUT2D eigenvalue weighted by molar-refractivity contribution is 7.07. The van der Waals surface area contributed by atoms with Gasteiger partial charge in [0.25, 0.3) is 5.91 Å². The van der Waals surface area contributed by atoms with Crippen LogP contribution in [0.25, 0.3) is 0 Å². The topological polar surface area (TPSA) is 63.2 Å². The van der Waals surface area contributed by atoms with Crippen molar-refractivity contribution < 1.29 is 9.53 Å². The third-order valence-corrected chi connectivity index (χ3v) is 4.74. The number of aromatic nitrogens is 1. The fourth-order valence-electron chi connectivity index (χ4n) is 2.02. The molecule has 1 aromatic heterocycles. The number of rotatable bonds is 6. The summed E-state index contributed by atoms with van der Waals surface area (Å²) >= 11 is 19.5. The summed E-state index contributed by atoms with van der Waals surface area (Å²) in [6.45, 7) is 0.379. The molecule has 3 aromatic rings. The Hall–Kier alpha value is -1.99. The summed E-state index contributed by atoms with van der Waals surface area (Å²) in [7, 11) is 0. The molecular weight excluding hydrogens is 417 g/mol. The van der Waals surface area contributed by atoms with E-state index in [0.29, 0.717) is 38.7 Å². The maximum Gasteiger partial charge on any atom is 0.269 e. The Balaban J connectivity index is 1.58. The molecule has 1 amide bonds. The van der Waals surface area contributed by atoms with Crippen LogP contribution in [0.5, 0.6) is 5.75 Å². The van der Waals surface area contributed by atoms with Gasteiger partial charge in [0, 0.05) is 16.0 Å². The fourth-order valence-corrected chi connectivity index (χ4v) is 3.48. The van der Waals surface area contributed by atoms with Gasteiger partial charge in [-0.15, -0.1) is 11.3 Å². The standard InChI is InChI=1S/C17H12Cl3N3O2S/c18-11-5-14(19)16(15(20)6-11)22-23-17(24)10-1-3-13(4-2-10)25-7-12-8-26-9-21-12/h1-6,8-9,22H,7H2,(H,23,24). The lowest BCUT2D eigenvalue weighted by atomic mass is 10.2. The number of nitrogens with one attached hydrogen (secondary N) is 2. The van der Waals surface area contributed by atoms with Crippen LogP contribution in [0.1, 0.15) is 16.1 Å². The van der Waals surface area contributed by atoms with Crippen LogP contribution in [0.3, 0.4) is 0 Å². The van der Waals surface area contributed by atoms with Gasteiger partial charge in [0.1, 0.15) is 12.4 Å². The van der Waals surface area contributed by atoms with Gasteiger partial charge in [-0.1, -0.05) is 34.8 Å². The van der Waals surface area contributed by atoms with Gasteiger partial charge in [-0.2, -0.15) is 0 Å². The summed E-state index contributed by atoms with van der Waals surface area (Å²) < 4.78 is 5.61. The van der Waals surface area contributed by atoms with Crippen LogP contribution in [0.2, 0.25) is 15.1 Å². The van der Waals surface area contributed by atoms with Crippen molar-refractivity contribution in [3.63, 3.8) is 0 Å². The highest BCUT2D eigenvalue weighted by Gasteiger charge is 2.10. The number of hydrazine groups is 1. The Morgan fingerprint density at radius 2 is 1.81 bits per heavy atom. The van der Waals surface area contributed by atoms with Crippen LogP contribution in [0.4, 0.5) is 5.69 Å². The lowest BCUT2D eigenvalue weighted by Gasteiger charge is -2.12. The molecule has 2 N–H and O–H groups in total. The average molecular weight is 429 g/mol. The molecule has 26 heavy (non-hydrogen) atoms. The summed E-state index contributed by atoms with van der Waals surface area (Å²) in [4.78, 5) is 16.4. The zero-order valence-electron chi connectivity index (χ0n) is 13.1. The minimum absolute atomic E-state index is 0.300. The predicted octanol–water partition coefficient (Wildman–Crippen LogP) is 5.44. The molecule has 9 heteroatoms. The van der Waals surface area contributed by atoms with Crippen LogP contribution < -0.4 is 15.6 Å². The zero-order chi connectivity index (χ0) is 18.5. The van der Waals surface area contributed by atoms with E-state index < -0.39 is 0 Å². The molecule has 134 valence electrons. The number of carbonyl (C=O) groups excluding carboxylic acids is 1. The van der Waals surface area contributed by atoms with Crippen LogP contribution in [-0.4, -0.2) is 10.9 Å². The molecule has 0 aliphatic heterocycles. The van der Waals surface area contributed by atoms with E-state index in [9.17, 15) is 4.79 Å². The molecule has 0 spiro atoms. The van der Waals surface area contributed by atoms with Crippen molar-refractivity contribution in [1.29, 1.82) is 0 Å². The van der Waals surface area contributed by atoms with Crippen molar-refractivity contribution in [1.82, 2.24) is 10.4 Å². The molecule has 0 aliphatic rings. The molecule has 3 rings (SSSR count). The number of benzene rings is 2. The van der Waals surface area contributed by atoms with E-state index in [-0.39, 0.29) is 5.91 Å². The Morgan fingerprint density at radius 1 is 1.12 bits per heavy atom. The van der Waals surface area contributed by atoms with Crippen molar-refractivity contribution in [2.24, 2.45) is 0 Å². The molecule has 2 aromatic carbocycles. The SMILES string of the molecule is O=C(NNc1c(Cl)cc(Cl)cc1Cl)c1ccc(OCc2cscn2)cc1. The van der Waals surface area contributed by atoms with E-state index in [1.807, 2.05) is 5.38 Å². The Kier molecular flexibility index (Phi) is 6.21. The highest BCUT2D eigenvalue weighted by atomic mass is 35.5. The summed E-state index contributed by atoms with van der Waals surface area (Å²) in [6.07, 6.45) is 0. The lowest BCUT2D eigenvalue weighted by Crippen LogP contribution is -2.29. The molecule has 0 bridgehead atoms. The minimum Gasteiger partial charge on any atom is -0.487 e. The lowest BCUT2D eigenvalue weighted by molar-refractivity contribution is 0.0962. The minimum atomic E-state index is -0.349. The van der Waals surface area contributed by atoms with Gasteiger partial charge in [0.05, 0.1) is 26.9 Å². The van der Waals surface area contributed by atoms with Crippen LogP contribution >= 0.6 is 46.1 Å². The monoisotopic (exact) mass is 427 g/mol. The van der Waals surface area contributed by atoms with Crippen molar-refractivity contribution >= 4 is 57.7 Å². The van der Waals surface area contributed by atoms with E-state index in [4.69, 9.17) is 39.5 Å². The number of hydrogen-bond acceptors (Lipinski definition) is 5. The molecule has 1 heterocycles. The first-order valence-corrected chi connectivity index (χ1v) is 9.41. The third kappa shape index (κ3) is 4.80. The van der Waals surface area contributed by atoms with E-state index in [1.165, 1.54) is 23.5 Å². The Morgan fingerprint density at radius 3 is 2.42 bits per heavy atom. The smallest absolute Gasteiger partial charge is 0.269 e. The van der Waals surface area contributed by atoms with Crippen molar-refractivity contribution in [3.8, 4) is 5.75 Å². The molecule has 0 unspecified atom stereocenters. The van der Waals surface area contributed by atoms with Gasteiger partial charge >= 0.3 is 0 Å². The van der Waals surface area contributed by atoms with E-state index in [0.717, 1.165) is 5.69 Å². The number of carbonyl (C=O) groups is 1. The predicted molar refractivity (Wildman–Crippen MR) is 105 cm³/mol. The number of halogens is 3. The first-order chi connectivity index (χ1) is 12.5.